The van der Waals surface area contributed by atoms with Gasteiger partial charge in [-0.25, -0.2) is 0 Å². The maximum absolute atomic E-state index is 6.15. The second-order valence-electron chi connectivity index (χ2n) is 5.04. The predicted octanol–water partition coefficient (Wildman–Crippen LogP) is 2.44. The summed E-state index contributed by atoms with van der Waals surface area (Å²) < 4.78 is 0. The van der Waals surface area contributed by atoms with Crippen molar-refractivity contribution in [3.63, 3.8) is 0 Å². The summed E-state index contributed by atoms with van der Waals surface area (Å²) in [5.74, 6) is 2.48. The van der Waals surface area contributed by atoms with Crippen LogP contribution in [-0.4, -0.2) is 6.04 Å². The average Bonchev–Trinajstić information content (AvgIpc) is 2.34. The van der Waals surface area contributed by atoms with Crippen molar-refractivity contribution in [1.29, 1.82) is 0 Å². The molecule has 1 nitrogen and oxygen atoms in total. The van der Waals surface area contributed by atoms with Crippen LogP contribution in [0, 0.1) is 23.2 Å². The Hall–Kier alpha value is 0.250. The highest BCUT2D eigenvalue weighted by molar-refractivity contribution is 5.85. The Balaban J connectivity index is 0.000000720. The molecule has 0 saturated heterocycles. The maximum atomic E-state index is 6.15. The summed E-state index contributed by atoms with van der Waals surface area (Å²) in [4.78, 5) is 0. The van der Waals surface area contributed by atoms with Gasteiger partial charge in [0.25, 0.3) is 0 Å². The Morgan fingerprint density at radius 3 is 2.08 bits per heavy atom. The zero-order valence-electron chi connectivity index (χ0n) is 8.21. The molecule has 0 amide bonds. The van der Waals surface area contributed by atoms with Crippen LogP contribution in [0.25, 0.3) is 0 Å². The van der Waals surface area contributed by atoms with E-state index in [1.165, 1.54) is 12.8 Å². The molecule has 4 atom stereocenters. The van der Waals surface area contributed by atoms with E-state index in [0.717, 1.165) is 17.8 Å². The summed E-state index contributed by atoms with van der Waals surface area (Å²) in [7, 11) is 0. The van der Waals surface area contributed by atoms with E-state index in [0.29, 0.717) is 11.5 Å². The van der Waals surface area contributed by atoms with Crippen molar-refractivity contribution in [1.82, 2.24) is 0 Å². The van der Waals surface area contributed by atoms with Crippen LogP contribution in [0.2, 0.25) is 0 Å². The lowest BCUT2D eigenvalue weighted by molar-refractivity contribution is 0.137. The van der Waals surface area contributed by atoms with Gasteiger partial charge in [0.1, 0.15) is 0 Å². The summed E-state index contributed by atoms with van der Waals surface area (Å²) in [5.41, 5.74) is 6.67. The predicted molar refractivity (Wildman–Crippen MR) is 54.4 cm³/mol. The third kappa shape index (κ3) is 1.03. The molecule has 2 rings (SSSR count). The Labute approximate surface area is 81.5 Å². The Morgan fingerprint density at radius 1 is 1.25 bits per heavy atom. The number of halogens is 1. The van der Waals surface area contributed by atoms with Gasteiger partial charge in [0.05, 0.1) is 0 Å². The first-order valence-corrected chi connectivity index (χ1v) is 4.80. The minimum absolute atomic E-state index is 0. The largest absolute Gasteiger partial charge is 0.327 e. The lowest BCUT2D eigenvalue weighted by Crippen LogP contribution is -2.30. The van der Waals surface area contributed by atoms with Crippen molar-refractivity contribution in [2.24, 2.45) is 28.9 Å². The minimum Gasteiger partial charge on any atom is -0.327 e. The van der Waals surface area contributed by atoms with Gasteiger partial charge in [-0.2, -0.15) is 0 Å². The maximum Gasteiger partial charge on any atom is 0.0104 e. The normalized spacial score (nSPS) is 49.0. The monoisotopic (exact) mass is 189 g/mol. The number of nitrogens with two attached hydrogens (primary N) is 1. The summed E-state index contributed by atoms with van der Waals surface area (Å²) in [5, 5.41) is 0. The first kappa shape index (κ1) is 10.3. The van der Waals surface area contributed by atoms with Gasteiger partial charge in [-0.15, -0.1) is 12.4 Å². The van der Waals surface area contributed by atoms with Crippen LogP contribution in [0.4, 0.5) is 0 Å². The lowest BCUT2D eigenvalue weighted by atomic mass is 9.70. The van der Waals surface area contributed by atoms with E-state index in [4.69, 9.17) is 5.73 Å². The highest BCUT2D eigenvalue weighted by atomic mass is 35.5. The highest BCUT2D eigenvalue weighted by Crippen LogP contribution is 2.58. The zero-order valence-corrected chi connectivity index (χ0v) is 9.03. The minimum atomic E-state index is 0. The molecule has 2 bridgehead atoms. The van der Waals surface area contributed by atoms with E-state index in [1.54, 1.807) is 0 Å². The summed E-state index contributed by atoms with van der Waals surface area (Å²) in [6.07, 6.45) is 2.76. The third-order valence-corrected chi connectivity index (χ3v) is 4.54. The molecule has 2 aliphatic rings. The number of fused-ring (bicyclic) bond motifs is 2. The third-order valence-electron chi connectivity index (χ3n) is 4.54. The zero-order chi connectivity index (χ0) is 8.22. The molecule has 2 heteroatoms. The van der Waals surface area contributed by atoms with E-state index in [1.807, 2.05) is 0 Å². The van der Waals surface area contributed by atoms with Crippen molar-refractivity contribution in [3.05, 3.63) is 0 Å². The van der Waals surface area contributed by atoms with Gasteiger partial charge in [0.15, 0.2) is 0 Å². The van der Waals surface area contributed by atoms with E-state index in [-0.39, 0.29) is 12.4 Å². The second-order valence-corrected chi connectivity index (χ2v) is 5.04. The molecule has 0 aromatic carbocycles. The van der Waals surface area contributed by atoms with Gasteiger partial charge in [-0.3, -0.25) is 0 Å². The van der Waals surface area contributed by atoms with Gasteiger partial charge in [0.2, 0.25) is 0 Å². The molecule has 2 aliphatic carbocycles. The quantitative estimate of drug-likeness (QED) is 0.623. The fourth-order valence-corrected chi connectivity index (χ4v) is 3.40. The number of hydrogen-bond acceptors (Lipinski definition) is 1. The molecule has 0 aliphatic heterocycles. The average molecular weight is 190 g/mol. The molecule has 2 saturated carbocycles. The number of hydrogen-bond donors (Lipinski definition) is 1. The molecule has 0 radical (unpaired) electrons. The van der Waals surface area contributed by atoms with Crippen LogP contribution < -0.4 is 5.73 Å². The molecule has 0 spiro atoms. The van der Waals surface area contributed by atoms with Crippen molar-refractivity contribution in [3.8, 4) is 0 Å². The highest BCUT2D eigenvalue weighted by Gasteiger charge is 2.55. The van der Waals surface area contributed by atoms with Gasteiger partial charge < -0.3 is 5.73 Å². The fraction of sp³-hybridized carbons (Fsp3) is 1.00. The molecule has 2 N–H and O–H groups in total. The number of rotatable bonds is 0. The molecular weight excluding hydrogens is 170 g/mol. The Morgan fingerprint density at radius 2 is 1.83 bits per heavy atom. The topological polar surface area (TPSA) is 26.0 Å². The van der Waals surface area contributed by atoms with Gasteiger partial charge in [-0.05, 0) is 36.0 Å². The van der Waals surface area contributed by atoms with E-state index in [2.05, 4.69) is 20.8 Å². The molecule has 72 valence electrons. The van der Waals surface area contributed by atoms with E-state index < -0.39 is 0 Å². The first-order chi connectivity index (χ1) is 5.05. The summed E-state index contributed by atoms with van der Waals surface area (Å²) in [6.45, 7) is 7.16. The standard InChI is InChI=1S/C10H19N.ClH/c1-6-7-4-5-8(9(7)11)10(6,2)3;/h6-9H,4-5,11H2,1-3H3;1H/t6-,7+,8+,9?;/m1./s1. The molecule has 0 heterocycles. The molecule has 1 unspecified atom stereocenters. The second kappa shape index (κ2) is 2.88. The van der Waals surface area contributed by atoms with Gasteiger partial charge >= 0.3 is 0 Å². The van der Waals surface area contributed by atoms with Crippen LogP contribution in [0.15, 0.2) is 0 Å². The van der Waals surface area contributed by atoms with E-state index in [9.17, 15) is 0 Å². The van der Waals surface area contributed by atoms with Crippen LogP contribution >= 0.6 is 12.4 Å². The molecule has 0 aromatic heterocycles. The van der Waals surface area contributed by atoms with Crippen molar-refractivity contribution < 1.29 is 0 Å². The van der Waals surface area contributed by atoms with Crippen LogP contribution in [-0.2, 0) is 0 Å². The molecular formula is C10H20ClN. The molecule has 2 fully saturated rings. The SMILES string of the molecule is C[C@@H]1[C@@H]2CC[C@@H](C2N)C1(C)C.Cl. The molecule has 0 aromatic rings. The summed E-state index contributed by atoms with van der Waals surface area (Å²) >= 11 is 0. The lowest BCUT2D eigenvalue weighted by Gasteiger charge is -2.35. The van der Waals surface area contributed by atoms with Crippen LogP contribution in [0.3, 0.4) is 0 Å². The fourth-order valence-electron chi connectivity index (χ4n) is 3.40. The first-order valence-electron chi connectivity index (χ1n) is 4.80. The van der Waals surface area contributed by atoms with Crippen LogP contribution in [0.1, 0.15) is 33.6 Å². The van der Waals surface area contributed by atoms with Gasteiger partial charge in [0, 0.05) is 6.04 Å². The molecule has 12 heavy (non-hydrogen) atoms. The van der Waals surface area contributed by atoms with Gasteiger partial charge in [-0.1, -0.05) is 20.8 Å². The summed E-state index contributed by atoms with van der Waals surface area (Å²) in [6, 6.07) is 0.514. The Bertz CT molecular complexity index is 179. The smallest absolute Gasteiger partial charge is 0.0104 e. The van der Waals surface area contributed by atoms with Crippen molar-refractivity contribution >= 4 is 12.4 Å². The Kier molecular flexibility index (Phi) is 2.48. The van der Waals surface area contributed by atoms with E-state index >= 15 is 0 Å². The van der Waals surface area contributed by atoms with Crippen molar-refractivity contribution in [2.45, 2.75) is 39.7 Å². The van der Waals surface area contributed by atoms with Crippen LogP contribution in [0.5, 0.6) is 0 Å². The van der Waals surface area contributed by atoms with Crippen molar-refractivity contribution in [2.75, 3.05) is 0 Å².